The van der Waals surface area contributed by atoms with Gasteiger partial charge in [0, 0.05) is 17.6 Å². The van der Waals surface area contributed by atoms with E-state index in [9.17, 15) is 19.7 Å². The van der Waals surface area contributed by atoms with E-state index in [4.69, 9.17) is 0 Å². The average molecular weight is 292 g/mol. The fourth-order valence-electron chi connectivity index (χ4n) is 1.36. The minimum atomic E-state index is -1.01. The Hall–Kier alpha value is -2.81. The molecule has 9 heteroatoms. The summed E-state index contributed by atoms with van der Waals surface area (Å²) in [4.78, 5) is 37.1. The van der Waals surface area contributed by atoms with Gasteiger partial charge in [-0.25, -0.2) is 4.98 Å². The Morgan fingerprint density at radius 3 is 2.55 bits per heavy atom. The van der Waals surface area contributed by atoms with Crippen LogP contribution in [0.1, 0.15) is 0 Å². The molecule has 0 unspecified atom stereocenters. The van der Waals surface area contributed by atoms with E-state index in [-0.39, 0.29) is 16.5 Å². The highest BCUT2D eigenvalue weighted by molar-refractivity contribution is 7.13. The number of anilines is 2. The summed E-state index contributed by atoms with van der Waals surface area (Å²) in [6.45, 7) is 0. The number of benzene rings is 1. The number of aromatic nitrogens is 1. The van der Waals surface area contributed by atoms with E-state index in [2.05, 4.69) is 15.6 Å². The van der Waals surface area contributed by atoms with Crippen molar-refractivity contribution in [2.45, 2.75) is 0 Å². The van der Waals surface area contributed by atoms with E-state index in [1.807, 2.05) is 0 Å². The van der Waals surface area contributed by atoms with Crippen molar-refractivity contribution >= 4 is 39.7 Å². The Bertz CT molecular complexity index is 656. The number of nitro groups is 1. The number of thiazole rings is 1. The first-order valence-corrected chi connectivity index (χ1v) is 6.21. The molecule has 0 spiro atoms. The molecule has 1 heterocycles. The zero-order chi connectivity index (χ0) is 14.5. The van der Waals surface area contributed by atoms with Crippen molar-refractivity contribution in [1.82, 2.24) is 4.98 Å². The number of hydrogen-bond donors (Lipinski definition) is 2. The molecule has 0 aliphatic carbocycles. The molecule has 0 aliphatic heterocycles. The van der Waals surface area contributed by atoms with E-state index in [0.29, 0.717) is 0 Å². The van der Waals surface area contributed by atoms with Crippen LogP contribution in [-0.2, 0) is 9.59 Å². The van der Waals surface area contributed by atoms with Gasteiger partial charge in [-0.15, -0.1) is 11.3 Å². The second kappa shape index (κ2) is 5.89. The standard InChI is InChI=1S/C11H8N4O4S/c16-9(10(17)14-11-12-5-6-20-11)13-7-3-1-2-4-8(7)15(18)19/h1-6H,(H,13,16)(H,12,14,17). The van der Waals surface area contributed by atoms with Crippen LogP contribution in [0, 0.1) is 10.1 Å². The lowest BCUT2D eigenvalue weighted by molar-refractivity contribution is -0.383. The zero-order valence-corrected chi connectivity index (χ0v) is 10.7. The molecular weight excluding hydrogens is 284 g/mol. The van der Waals surface area contributed by atoms with Crippen molar-refractivity contribution in [3.63, 3.8) is 0 Å². The highest BCUT2D eigenvalue weighted by Gasteiger charge is 2.19. The number of rotatable bonds is 3. The molecule has 2 amide bonds. The molecule has 1 aromatic carbocycles. The van der Waals surface area contributed by atoms with E-state index in [1.54, 1.807) is 5.38 Å². The minimum Gasteiger partial charge on any atom is -0.312 e. The second-order valence-electron chi connectivity index (χ2n) is 3.52. The van der Waals surface area contributed by atoms with Crippen LogP contribution in [-0.4, -0.2) is 21.7 Å². The van der Waals surface area contributed by atoms with E-state index in [1.165, 1.54) is 30.5 Å². The SMILES string of the molecule is O=C(Nc1nccs1)C(=O)Nc1ccccc1[N+](=O)[O-]. The summed E-state index contributed by atoms with van der Waals surface area (Å²) >= 11 is 1.15. The van der Waals surface area contributed by atoms with Gasteiger partial charge >= 0.3 is 11.8 Å². The Labute approximate surface area is 116 Å². The molecule has 1 aromatic heterocycles. The van der Waals surface area contributed by atoms with Crippen LogP contribution in [0.4, 0.5) is 16.5 Å². The van der Waals surface area contributed by atoms with Gasteiger partial charge in [-0.3, -0.25) is 25.0 Å². The molecule has 0 bridgehead atoms. The van der Waals surface area contributed by atoms with Gasteiger partial charge in [0.05, 0.1) is 4.92 Å². The summed E-state index contributed by atoms with van der Waals surface area (Å²) in [5.41, 5.74) is -0.334. The summed E-state index contributed by atoms with van der Waals surface area (Å²) in [5.74, 6) is -1.95. The molecule has 0 saturated heterocycles. The Balaban J connectivity index is 2.08. The summed E-state index contributed by atoms with van der Waals surface area (Å²) < 4.78 is 0. The molecule has 20 heavy (non-hydrogen) atoms. The third kappa shape index (κ3) is 3.14. The largest absolute Gasteiger partial charge is 0.315 e. The zero-order valence-electron chi connectivity index (χ0n) is 9.90. The average Bonchev–Trinajstić information content (AvgIpc) is 2.91. The molecule has 0 saturated carbocycles. The third-order valence-corrected chi connectivity index (χ3v) is 2.90. The summed E-state index contributed by atoms with van der Waals surface area (Å²) in [6.07, 6.45) is 1.47. The maximum Gasteiger partial charge on any atom is 0.315 e. The van der Waals surface area contributed by atoms with Gasteiger partial charge in [0.2, 0.25) is 0 Å². The molecule has 0 radical (unpaired) electrons. The van der Waals surface area contributed by atoms with E-state index >= 15 is 0 Å². The molecule has 0 atom stereocenters. The first-order chi connectivity index (χ1) is 9.58. The number of carbonyl (C=O) groups is 2. The highest BCUT2D eigenvalue weighted by atomic mass is 32.1. The highest BCUT2D eigenvalue weighted by Crippen LogP contribution is 2.23. The lowest BCUT2D eigenvalue weighted by Crippen LogP contribution is -2.29. The lowest BCUT2D eigenvalue weighted by atomic mass is 10.2. The summed E-state index contributed by atoms with van der Waals surface area (Å²) in [7, 11) is 0. The van der Waals surface area contributed by atoms with Crippen LogP contribution < -0.4 is 10.6 Å². The van der Waals surface area contributed by atoms with Gasteiger partial charge in [-0.1, -0.05) is 12.1 Å². The lowest BCUT2D eigenvalue weighted by Gasteiger charge is -2.05. The number of nitro benzene ring substituents is 1. The van der Waals surface area contributed by atoms with Crippen molar-refractivity contribution in [1.29, 1.82) is 0 Å². The van der Waals surface area contributed by atoms with Crippen LogP contribution in [0.25, 0.3) is 0 Å². The van der Waals surface area contributed by atoms with Crippen LogP contribution in [0.15, 0.2) is 35.8 Å². The summed E-state index contributed by atoms with van der Waals surface area (Å²) in [5, 5.41) is 17.1. The van der Waals surface area contributed by atoms with Gasteiger partial charge in [-0.05, 0) is 6.07 Å². The fraction of sp³-hybridized carbons (Fsp3) is 0. The third-order valence-electron chi connectivity index (χ3n) is 2.21. The number of carbonyl (C=O) groups excluding carboxylic acids is 2. The number of nitrogens with one attached hydrogen (secondary N) is 2. The molecule has 2 N–H and O–H groups in total. The van der Waals surface area contributed by atoms with Crippen LogP contribution >= 0.6 is 11.3 Å². The fourth-order valence-corrected chi connectivity index (χ4v) is 1.88. The van der Waals surface area contributed by atoms with Crippen molar-refractivity contribution in [2.75, 3.05) is 10.6 Å². The van der Waals surface area contributed by atoms with Crippen LogP contribution in [0.2, 0.25) is 0 Å². The topological polar surface area (TPSA) is 114 Å². The van der Waals surface area contributed by atoms with E-state index < -0.39 is 16.7 Å². The Kier molecular flexibility index (Phi) is 4.01. The van der Waals surface area contributed by atoms with Crippen LogP contribution in [0.5, 0.6) is 0 Å². The van der Waals surface area contributed by atoms with Gasteiger partial charge < -0.3 is 5.32 Å². The molecule has 2 aromatic rings. The first-order valence-electron chi connectivity index (χ1n) is 5.33. The maximum absolute atomic E-state index is 11.6. The predicted molar refractivity (Wildman–Crippen MR) is 72.5 cm³/mol. The number of para-hydroxylation sites is 2. The van der Waals surface area contributed by atoms with Crippen LogP contribution in [0.3, 0.4) is 0 Å². The van der Waals surface area contributed by atoms with Crippen molar-refractivity contribution in [3.05, 3.63) is 46.0 Å². The number of amides is 2. The second-order valence-corrected chi connectivity index (χ2v) is 4.41. The molecule has 8 nitrogen and oxygen atoms in total. The van der Waals surface area contributed by atoms with Gasteiger partial charge in [0.1, 0.15) is 5.69 Å². The predicted octanol–water partition coefficient (Wildman–Crippen LogP) is 1.63. The monoisotopic (exact) mass is 292 g/mol. The molecule has 2 rings (SSSR count). The quantitative estimate of drug-likeness (QED) is 0.507. The van der Waals surface area contributed by atoms with Gasteiger partial charge in [0.25, 0.3) is 5.69 Å². The smallest absolute Gasteiger partial charge is 0.312 e. The van der Waals surface area contributed by atoms with Crippen molar-refractivity contribution in [2.24, 2.45) is 0 Å². The number of nitrogens with zero attached hydrogens (tertiary/aromatic N) is 2. The first kappa shape index (κ1) is 13.6. The number of hydrogen-bond acceptors (Lipinski definition) is 6. The molecule has 0 aliphatic rings. The van der Waals surface area contributed by atoms with Gasteiger partial charge in [-0.2, -0.15) is 0 Å². The normalized spacial score (nSPS) is 9.80. The van der Waals surface area contributed by atoms with Crippen molar-refractivity contribution in [3.8, 4) is 0 Å². The van der Waals surface area contributed by atoms with Gasteiger partial charge in [0.15, 0.2) is 5.13 Å². The minimum absolute atomic E-state index is 0.0446. The molecule has 0 fully saturated rings. The molecule has 102 valence electrons. The maximum atomic E-state index is 11.6. The summed E-state index contributed by atoms with van der Waals surface area (Å²) in [6, 6.07) is 5.55. The van der Waals surface area contributed by atoms with E-state index in [0.717, 1.165) is 11.3 Å². The molecular formula is C11H8N4O4S. The Morgan fingerprint density at radius 1 is 1.20 bits per heavy atom. The Morgan fingerprint density at radius 2 is 1.90 bits per heavy atom. The van der Waals surface area contributed by atoms with Crippen molar-refractivity contribution < 1.29 is 14.5 Å².